The summed E-state index contributed by atoms with van der Waals surface area (Å²) in [6, 6.07) is 6.13. The number of imidazole rings is 1. The van der Waals surface area contributed by atoms with Crippen LogP contribution in [0.2, 0.25) is 0 Å². The van der Waals surface area contributed by atoms with Gasteiger partial charge in [-0.15, -0.1) is 5.10 Å². The summed E-state index contributed by atoms with van der Waals surface area (Å²) in [7, 11) is 0. The van der Waals surface area contributed by atoms with E-state index in [0.29, 0.717) is 24.7 Å². The fraction of sp³-hybridized carbons (Fsp3) is 0.375. The molecule has 132 valence electrons. The third-order valence-corrected chi connectivity index (χ3v) is 4.68. The normalized spacial score (nSPS) is 11.1. The number of carbonyl (C=O) groups is 1. The Balaban J connectivity index is 1.56. The lowest BCUT2D eigenvalue weighted by Gasteiger charge is -2.19. The van der Waals surface area contributed by atoms with E-state index in [4.69, 9.17) is 5.73 Å². The molecule has 2 aromatic heterocycles. The lowest BCUT2D eigenvalue weighted by molar-refractivity contribution is -0.128. The number of aryl methyl sites for hydroxylation is 1. The van der Waals surface area contributed by atoms with E-state index >= 15 is 0 Å². The number of anilines is 1. The van der Waals surface area contributed by atoms with Gasteiger partial charge in [-0.3, -0.25) is 4.79 Å². The van der Waals surface area contributed by atoms with Gasteiger partial charge in [0.15, 0.2) is 0 Å². The molecule has 0 radical (unpaired) electrons. The minimum absolute atomic E-state index is 0.0443. The molecule has 0 aliphatic heterocycles. The molecular weight excluding hydrogens is 338 g/mol. The molecule has 3 rings (SSSR count). The van der Waals surface area contributed by atoms with Crippen LogP contribution in [0.5, 0.6) is 0 Å². The number of nitrogens with zero attached hydrogens (tertiary/aromatic N) is 4. The smallest absolute Gasteiger partial charge is 0.233 e. The van der Waals surface area contributed by atoms with Crippen molar-refractivity contribution in [3.05, 3.63) is 29.6 Å². The quantitative estimate of drug-likeness (QED) is 0.553. The topological polar surface area (TPSA) is 117 Å². The minimum Gasteiger partial charge on any atom is -0.368 e. The molecule has 0 aliphatic carbocycles. The number of likely N-dealkylation sites (N-methyl/N-ethyl adjacent to an activating group) is 1. The molecule has 0 aliphatic rings. The molecule has 2 heterocycles. The van der Waals surface area contributed by atoms with Crippen LogP contribution in [0.4, 0.5) is 5.95 Å². The van der Waals surface area contributed by atoms with Crippen molar-refractivity contribution in [1.82, 2.24) is 30.0 Å². The number of aromatic amines is 2. The Bertz CT molecular complexity index is 872. The summed E-state index contributed by atoms with van der Waals surface area (Å²) in [6.45, 7) is 5.28. The van der Waals surface area contributed by atoms with Gasteiger partial charge in [-0.2, -0.15) is 4.98 Å². The average molecular weight is 359 g/mol. The molecule has 1 amide bonds. The van der Waals surface area contributed by atoms with Crippen molar-refractivity contribution in [1.29, 1.82) is 0 Å². The van der Waals surface area contributed by atoms with Gasteiger partial charge in [0, 0.05) is 19.5 Å². The number of aromatic nitrogens is 5. The average Bonchev–Trinajstić information content (AvgIpc) is 3.18. The van der Waals surface area contributed by atoms with Gasteiger partial charge in [0.05, 0.1) is 16.8 Å². The number of hydrogen-bond acceptors (Lipinski definition) is 6. The van der Waals surface area contributed by atoms with Crippen LogP contribution in [0, 0.1) is 6.92 Å². The number of hydrogen-bond donors (Lipinski definition) is 3. The highest BCUT2D eigenvalue weighted by molar-refractivity contribution is 7.99. The standard InChI is InChI=1S/C16H21N7OS/c1-3-23(14(24)9-25-16-20-15(17)21-22-16)7-6-13-18-11-5-4-10(2)8-12(11)19-13/h4-5,8H,3,6-7,9H2,1-2H3,(H,18,19)(H3,17,20,21,22). The number of carbonyl (C=O) groups excluding carboxylic acids is 1. The van der Waals surface area contributed by atoms with E-state index in [1.165, 1.54) is 17.3 Å². The molecule has 0 fully saturated rings. The third kappa shape index (κ3) is 4.30. The van der Waals surface area contributed by atoms with E-state index in [9.17, 15) is 4.79 Å². The van der Waals surface area contributed by atoms with E-state index in [1.807, 2.05) is 19.1 Å². The molecule has 25 heavy (non-hydrogen) atoms. The van der Waals surface area contributed by atoms with Gasteiger partial charge < -0.3 is 15.6 Å². The van der Waals surface area contributed by atoms with Crippen molar-refractivity contribution in [2.45, 2.75) is 25.4 Å². The summed E-state index contributed by atoms with van der Waals surface area (Å²) in [5.41, 5.74) is 8.65. The molecule has 0 spiro atoms. The molecule has 0 saturated carbocycles. The summed E-state index contributed by atoms with van der Waals surface area (Å²) in [5.74, 6) is 1.47. The predicted octanol–water partition coefficient (Wildman–Crippen LogP) is 1.75. The molecule has 0 unspecified atom stereocenters. The number of benzene rings is 1. The second-order valence-corrected chi connectivity index (χ2v) is 6.66. The van der Waals surface area contributed by atoms with Gasteiger partial charge in [0.25, 0.3) is 0 Å². The number of nitrogen functional groups attached to an aromatic ring is 1. The second-order valence-electron chi connectivity index (χ2n) is 5.72. The Labute approximate surface area is 149 Å². The molecule has 4 N–H and O–H groups in total. The van der Waals surface area contributed by atoms with Crippen LogP contribution in [0.1, 0.15) is 18.3 Å². The lowest BCUT2D eigenvalue weighted by atomic mass is 10.2. The van der Waals surface area contributed by atoms with Crippen molar-refractivity contribution in [3.8, 4) is 0 Å². The molecule has 8 nitrogen and oxygen atoms in total. The number of rotatable bonds is 7. The Morgan fingerprint density at radius 2 is 2.20 bits per heavy atom. The van der Waals surface area contributed by atoms with Crippen LogP contribution in [-0.4, -0.2) is 54.8 Å². The zero-order valence-corrected chi connectivity index (χ0v) is 15.1. The number of thioether (sulfide) groups is 1. The first-order valence-corrected chi connectivity index (χ1v) is 9.07. The van der Waals surface area contributed by atoms with Crippen molar-refractivity contribution in [2.24, 2.45) is 0 Å². The third-order valence-electron chi connectivity index (χ3n) is 3.85. The van der Waals surface area contributed by atoms with E-state index in [2.05, 4.69) is 38.1 Å². The van der Waals surface area contributed by atoms with Crippen molar-refractivity contribution < 1.29 is 4.79 Å². The lowest BCUT2D eigenvalue weighted by Crippen LogP contribution is -2.34. The Morgan fingerprint density at radius 3 is 2.92 bits per heavy atom. The summed E-state index contributed by atoms with van der Waals surface area (Å²) in [6.07, 6.45) is 0.686. The number of fused-ring (bicyclic) bond motifs is 1. The number of H-pyrrole nitrogens is 2. The molecular formula is C16H21N7OS. The summed E-state index contributed by atoms with van der Waals surface area (Å²) >= 11 is 1.27. The van der Waals surface area contributed by atoms with Gasteiger partial charge in [-0.1, -0.05) is 17.8 Å². The Morgan fingerprint density at radius 1 is 1.36 bits per heavy atom. The fourth-order valence-corrected chi connectivity index (χ4v) is 3.24. The van der Waals surface area contributed by atoms with Crippen LogP contribution in [-0.2, 0) is 11.2 Å². The first-order chi connectivity index (χ1) is 12.0. The predicted molar refractivity (Wildman–Crippen MR) is 98.3 cm³/mol. The highest BCUT2D eigenvalue weighted by Gasteiger charge is 2.14. The summed E-state index contributed by atoms with van der Waals surface area (Å²) < 4.78 is 0. The molecule has 0 bridgehead atoms. The maximum Gasteiger partial charge on any atom is 0.233 e. The van der Waals surface area contributed by atoms with Crippen LogP contribution in [0.3, 0.4) is 0 Å². The first kappa shape index (κ1) is 17.3. The maximum absolute atomic E-state index is 12.4. The Kier molecular flexibility index (Phi) is 5.22. The van der Waals surface area contributed by atoms with Gasteiger partial charge in [-0.05, 0) is 31.5 Å². The summed E-state index contributed by atoms with van der Waals surface area (Å²) in [5, 5.41) is 6.95. The van der Waals surface area contributed by atoms with Crippen LogP contribution >= 0.6 is 11.8 Å². The number of nitrogens with two attached hydrogens (primary N) is 1. The summed E-state index contributed by atoms with van der Waals surface area (Å²) in [4.78, 5) is 26.1. The number of nitrogens with one attached hydrogen (secondary N) is 2. The zero-order valence-electron chi connectivity index (χ0n) is 14.2. The van der Waals surface area contributed by atoms with Crippen LogP contribution in [0.25, 0.3) is 11.0 Å². The Hall–Kier alpha value is -2.55. The molecule has 3 aromatic rings. The largest absolute Gasteiger partial charge is 0.368 e. The van der Waals surface area contributed by atoms with Gasteiger partial charge in [0.1, 0.15) is 5.82 Å². The molecule has 1 aromatic carbocycles. The zero-order chi connectivity index (χ0) is 17.8. The molecule has 0 saturated heterocycles. The van der Waals surface area contributed by atoms with Crippen LogP contribution < -0.4 is 5.73 Å². The van der Waals surface area contributed by atoms with Crippen molar-refractivity contribution >= 4 is 34.7 Å². The van der Waals surface area contributed by atoms with E-state index in [-0.39, 0.29) is 17.6 Å². The number of amides is 1. The first-order valence-electron chi connectivity index (χ1n) is 8.09. The fourth-order valence-electron chi connectivity index (χ4n) is 2.53. The van der Waals surface area contributed by atoms with Gasteiger partial charge in [0.2, 0.25) is 17.0 Å². The monoisotopic (exact) mass is 359 g/mol. The van der Waals surface area contributed by atoms with Crippen molar-refractivity contribution in [2.75, 3.05) is 24.6 Å². The van der Waals surface area contributed by atoms with E-state index in [0.717, 1.165) is 16.9 Å². The van der Waals surface area contributed by atoms with Gasteiger partial charge in [-0.25, -0.2) is 10.1 Å². The van der Waals surface area contributed by atoms with E-state index in [1.54, 1.807) is 4.90 Å². The van der Waals surface area contributed by atoms with Gasteiger partial charge >= 0.3 is 0 Å². The van der Waals surface area contributed by atoms with Crippen LogP contribution in [0.15, 0.2) is 23.4 Å². The highest BCUT2D eigenvalue weighted by Crippen LogP contribution is 2.15. The molecule has 9 heteroatoms. The second kappa shape index (κ2) is 7.56. The minimum atomic E-state index is 0.0443. The maximum atomic E-state index is 12.4. The van der Waals surface area contributed by atoms with Crippen molar-refractivity contribution in [3.63, 3.8) is 0 Å². The SMILES string of the molecule is CCN(CCc1nc2ccc(C)cc2[nH]1)C(=O)CSc1n[nH]c(N)n1. The highest BCUT2D eigenvalue weighted by atomic mass is 32.2. The molecule has 0 atom stereocenters. The van der Waals surface area contributed by atoms with E-state index < -0.39 is 0 Å².